The summed E-state index contributed by atoms with van der Waals surface area (Å²) in [6, 6.07) is 8.87. The molecular formula is C27H24F5N3O7S. The van der Waals surface area contributed by atoms with E-state index in [2.05, 4.69) is 10.6 Å². The number of alkyl halides is 3. The van der Waals surface area contributed by atoms with Crippen LogP contribution in [0.1, 0.15) is 12.0 Å². The highest BCUT2D eigenvalue weighted by molar-refractivity contribution is 7.92. The zero-order valence-electron chi connectivity index (χ0n) is 21.9. The Morgan fingerprint density at radius 3 is 2.49 bits per heavy atom. The fourth-order valence-corrected chi connectivity index (χ4v) is 5.77. The van der Waals surface area contributed by atoms with Gasteiger partial charge in [0.2, 0.25) is 0 Å². The van der Waals surface area contributed by atoms with E-state index in [4.69, 9.17) is 9.84 Å². The third kappa shape index (κ3) is 7.32. The van der Waals surface area contributed by atoms with Crippen LogP contribution >= 0.6 is 0 Å². The van der Waals surface area contributed by atoms with Crippen molar-refractivity contribution in [1.29, 1.82) is 0 Å². The number of carboxylic acids is 1. The molecule has 0 aliphatic carbocycles. The average Bonchev–Trinajstić information content (AvgIpc) is 2.96. The number of ether oxygens (including phenoxy) is 1. The highest BCUT2D eigenvalue weighted by Gasteiger charge is 2.37. The van der Waals surface area contributed by atoms with E-state index in [0.29, 0.717) is 12.1 Å². The van der Waals surface area contributed by atoms with Crippen molar-refractivity contribution >= 4 is 27.7 Å². The lowest BCUT2D eigenvalue weighted by molar-refractivity contribution is -0.146. The van der Waals surface area contributed by atoms with Crippen LogP contribution in [-0.2, 0) is 21.0 Å². The van der Waals surface area contributed by atoms with E-state index in [0.717, 1.165) is 34.6 Å². The molecule has 4 rings (SSSR count). The van der Waals surface area contributed by atoms with E-state index in [1.165, 1.54) is 18.2 Å². The first-order valence-electron chi connectivity index (χ1n) is 12.6. The number of rotatable bonds is 9. The van der Waals surface area contributed by atoms with Crippen molar-refractivity contribution in [3.8, 4) is 16.9 Å². The number of nitrogens with zero attached hydrogens (tertiary/aromatic N) is 1. The lowest BCUT2D eigenvalue weighted by Gasteiger charge is -2.36. The number of hydrogen-bond acceptors (Lipinski definition) is 6. The Morgan fingerprint density at radius 1 is 1.05 bits per heavy atom. The number of amides is 2. The van der Waals surface area contributed by atoms with E-state index >= 15 is 0 Å². The molecule has 2 amide bonds. The molecule has 3 aromatic carbocycles. The number of carboxylic acid groups (broad SMARTS) is 1. The Morgan fingerprint density at radius 2 is 1.79 bits per heavy atom. The van der Waals surface area contributed by atoms with E-state index in [9.17, 15) is 45.1 Å². The lowest BCUT2D eigenvalue weighted by atomic mass is 10.0. The molecule has 0 bridgehead atoms. The van der Waals surface area contributed by atoms with Gasteiger partial charge in [0, 0.05) is 18.5 Å². The number of carbonyl (C=O) groups is 2. The van der Waals surface area contributed by atoms with Crippen molar-refractivity contribution in [3.05, 3.63) is 77.9 Å². The number of halogens is 5. The van der Waals surface area contributed by atoms with Crippen LogP contribution in [0.5, 0.6) is 5.75 Å². The minimum absolute atomic E-state index is 0.0107. The highest BCUT2D eigenvalue weighted by Crippen LogP contribution is 2.41. The number of benzene rings is 3. The topological polar surface area (TPSA) is 145 Å². The van der Waals surface area contributed by atoms with Crippen LogP contribution in [0, 0.1) is 11.6 Å². The number of sulfonamides is 1. The Bertz CT molecular complexity index is 1640. The average molecular weight is 630 g/mol. The zero-order chi connectivity index (χ0) is 31.5. The maximum atomic E-state index is 14.5. The van der Waals surface area contributed by atoms with Crippen molar-refractivity contribution in [1.82, 2.24) is 10.6 Å². The van der Waals surface area contributed by atoms with Crippen molar-refractivity contribution in [2.45, 2.75) is 29.7 Å². The molecule has 1 heterocycles. The van der Waals surface area contributed by atoms with Gasteiger partial charge < -0.3 is 25.6 Å². The lowest BCUT2D eigenvalue weighted by Crippen LogP contribution is -2.46. The van der Waals surface area contributed by atoms with Crippen molar-refractivity contribution in [2.75, 3.05) is 23.9 Å². The summed E-state index contributed by atoms with van der Waals surface area (Å²) in [7, 11) is -4.67. The third-order valence-corrected chi connectivity index (χ3v) is 8.15. The van der Waals surface area contributed by atoms with Crippen LogP contribution in [0.15, 0.2) is 65.6 Å². The summed E-state index contributed by atoms with van der Waals surface area (Å²) in [4.78, 5) is 21.9. The van der Waals surface area contributed by atoms with Gasteiger partial charge in [-0.25, -0.2) is 26.8 Å². The van der Waals surface area contributed by atoms with Gasteiger partial charge in [-0.15, -0.1) is 0 Å². The fraction of sp³-hybridized carbons (Fsp3) is 0.259. The van der Waals surface area contributed by atoms with Crippen LogP contribution < -0.4 is 19.7 Å². The number of urea groups is 1. The van der Waals surface area contributed by atoms with Crippen LogP contribution in [-0.4, -0.2) is 62.5 Å². The summed E-state index contributed by atoms with van der Waals surface area (Å²) < 4.78 is 103. The monoisotopic (exact) mass is 629 g/mol. The molecule has 1 aliphatic heterocycles. The number of anilines is 1. The van der Waals surface area contributed by atoms with E-state index in [-0.39, 0.29) is 35.5 Å². The molecular weight excluding hydrogens is 605 g/mol. The van der Waals surface area contributed by atoms with Crippen LogP contribution in [0.25, 0.3) is 11.1 Å². The molecule has 10 nitrogen and oxygen atoms in total. The zero-order valence-corrected chi connectivity index (χ0v) is 22.8. The number of carbonyl (C=O) groups excluding carboxylic acids is 1. The number of hydrogen-bond donors (Lipinski definition) is 4. The predicted octanol–water partition coefficient (Wildman–Crippen LogP) is 3.74. The summed E-state index contributed by atoms with van der Waals surface area (Å²) in [6.07, 6.45) is -7.60. The van der Waals surface area contributed by atoms with Crippen LogP contribution in [0.2, 0.25) is 0 Å². The first-order chi connectivity index (χ1) is 20.2. The minimum atomic E-state index is -4.83. The molecule has 0 spiro atoms. The number of fused-ring (bicyclic) bond motifs is 1. The van der Waals surface area contributed by atoms with E-state index < -0.39 is 75.6 Å². The number of aliphatic hydroxyl groups is 1. The predicted molar refractivity (Wildman–Crippen MR) is 142 cm³/mol. The Labute approximate surface area is 241 Å². The van der Waals surface area contributed by atoms with Crippen molar-refractivity contribution in [3.63, 3.8) is 0 Å². The molecule has 230 valence electrons. The van der Waals surface area contributed by atoms with Crippen molar-refractivity contribution < 1.29 is 54.9 Å². The Kier molecular flexibility index (Phi) is 9.10. The van der Waals surface area contributed by atoms with Gasteiger partial charge >= 0.3 is 18.2 Å². The molecule has 43 heavy (non-hydrogen) atoms. The standard InChI is InChI=1S/C27H24F5N3O7S/c28-17-5-6-21(29)20(12-17)15-4-7-24-22(10-15)35(43(40,41)19-3-1-2-16(11-19)27(30,31)32)14-18(42-24)8-9-33-26(39)34-13-23(36)25(37)38/h1-7,10-12,18,23,36H,8-9,13-14H2,(H,37,38)(H2,33,34,39)/t18-,23-/m0/s1. The summed E-state index contributed by atoms with van der Waals surface area (Å²) in [5, 5.41) is 22.5. The first kappa shape index (κ1) is 31.5. The smallest absolute Gasteiger partial charge is 0.416 e. The van der Waals surface area contributed by atoms with Gasteiger partial charge in [-0.2, -0.15) is 13.2 Å². The van der Waals surface area contributed by atoms with Crippen LogP contribution in [0.3, 0.4) is 0 Å². The SMILES string of the molecule is O=C(NCC[C@H]1CN(S(=O)(=O)c2cccc(C(F)(F)F)c2)c2cc(-c3cc(F)ccc3F)ccc2O1)NC[C@H](O)C(=O)O. The quantitative estimate of drug-likeness (QED) is 0.264. The molecule has 4 N–H and O–H groups in total. The van der Waals surface area contributed by atoms with Gasteiger partial charge in [0.25, 0.3) is 10.0 Å². The summed E-state index contributed by atoms with van der Waals surface area (Å²) in [5.41, 5.74) is -1.45. The number of aliphatic hydroxyl groups excluding tert-OH is 1. The molecule has 1 aliphatic rings. The van der Waals surface area contributed by atoms with E-state index in [1.54, 1.807) is 0 Å². The molecule has 0 fully saturated rings. The van der Waals surface area contributed by atoms with Gasteiger partial charge in [-0.1, -0.05) is 12.1 Å². The third-order valence-electron chi connectivity index (χ3n) is 6.37. The summed E-state index contributed by atoms with van der Waals surface area (Å²) in [6.45, 7) is -1.12. The normalized spacial score (nSPS) is 15.7. The van der Waals surface area contributed by atoms with Gasteiger partial charge in [-0.05, 0) is 54.1 Å². The maximum absolute atomic E-state index is 14.5. The molecule has 0 saturated heterocycles. The number of nitrogens with one attached hydrogen (secondary N) is 2. The van der Waals surface area contributed by atoms with E-state index in [1.807, 2.05) is 0 Å². The van der Waals surface area contributed by atoms with Gasteiger partial charge in [0.05, 0.1) is 29.2 Å². The molecule has 0 radical (unpaired) electrons. The molecule has 0 unspecified atom stereocenters. The second-order valence-electron chi connectivity index (χ2n) is 9.39. The Hall–Kier alpha value is -4.44. The number of aliphatic carboxylic acids is 1. The maximum Gasteiger partial charge on any atom is 0.416 e. The second-order valence-corrected chi connectivity index (χ2v) is 11.3. The fourth-order valence-electron chi connectivity index (χ4n) is 4.22. The second kappa shape index (κ2) is 12.4. The largest absolute Gasteiger partial charge is 0.486 e. The van der Waals surface area contributed by atoms with Gasteiger partial charge in [0.1, 0.15) is 23.5 Å². The highest BCUT2D eigenvalue weighted by atomic mass is 32.2. The molecule has 0 aromatic heterocycles. The summed E-state index contributed by atoms with van der Waals surface area (Å²) >= 11 is 0. The Balaban J connectivity index is 1.64. The summed E-state index contributed by atoms with van der Waals surface area (Å²) in [5.74, 6) is -3.13. The molecule has 0 saturated carbocycles. The van der Waals surface area contributed by atoms with Gasteiger partial charge in [0.15, 0.2) is 6.10 Å². The van der Waals surface area contributed by atoms with Crippen LogP contribution in [0.4, 0.5) is 32.4 Å². The van der Waals surface area contributed by atoms with Gasteiger partial charge in [-0.3, -0.25) is 4.31 Å². The molecule has 3 aromatic rings. The van der Waals surface area contributed by atoms with Crippen molar-refractivity contribution in [2.24, 2.45) is 0 Å². The minimum Gasteiger partial charge on any atom is -0.486 e. The first-order valence-corrected chi connectivity index (χ1v) is 14.0. The molecule has 16 heteroatoms. The molecule has 2 atom stereocenters.